The molecule has 4 nitrogen and oxygen atoms in total. The van der Waals surface area contributed by atoms with E-state index in [2.05, 4.69) is 17.0 Å². The number of rotatable bonds is 2. The van der Waals surface area contributed by atoms with Gasteiger partial charge >= 0.3 is 0 Å². The van der Waals surface area contributed by atoms with Crippen LogP contribution in [0.15, 0.2) is 34.4 Å². The Morgan fingerprint density at radius 2 is 2.18 bits per heavy atom. The largest absolute Gasteiger partial charge is 0.501 e. The molecule has 2 heterocycles. The lowest BCUT2D eigenvalue weighted by Gasteiger charge is -2.08. The summed E-state index contributed by atoms with van der Waals surface area (Å²) in [5.41, 5.74) is 4.41. The molecule has 1 aliphatic rings. The maximum atomic E-state index is 5.30. The van der Waals surface area contributed by atoms with E-state index in [0.29, 0.717) is 0 Å². The minimum absolute atomic E-state index is 0.840. The van der Waals surface area contributed by atoms with Gasteiger partial charge in [0.05, 0.1) is 24.8 Å². The second-order valence-electron chi connectivity index (χ2n) is 4.13. The van der Waals surface area contributed by atoms with Crippen LogP contribution < -0.4 is 0 Å². The molecule has 0 aromatic carbocycles. The van der Waals surface area contributed by atoms with Crippen molar-refractivity contribution >= 4 is 11.8 Å². The van der Waals surface area contributed by atoms with Crippen molar-refractivity contribution < 1.29 is 4.74 Å². The van der Waals surface area contributed by atoms with E-state index in [1.807, 2.05) is 32.6 Å². The third kappa shape index (κ3) is 2.16. The van der Waals surface area contributed by atoms with Crippen LogP contribution >= 0.6 is 0 Å². The normalized spacial score (nSPS) is 20.7. The lowest BCUT2D eigenvalue weighted by Crippen LogP contribution is -1.92. The van der Waals surface area contributed by atoms with E-state index < -0.39 is 0 Å². The van der Waals surface area contributed by atoms with Crippen molar-refractivity contribution in [1.29, 1.82) is 0 Å². The van der Waals surface area contributed by atoms with Gasteiger partial charge in [0.1, 0.15) is 0 Å². The Labute approximate surface area is 101 Å². The Balaban J connectivity index is 2.47. The minimum Gasteiger partial charge on any atom is -0.501 e. The molecule has 1 aliphatic heterocycles. The van der Waals surface area contributed by atoms with Gasteiger partial charge < -0.3 is 4.74 Å². The molecular formula is C13H17N3O. The summed E-state index contributed by atoms with van der Waals surface area (Å²) in [6, 6.07) is 0. The van der Waals surface area contributed by atoms with E-state index >= 15 is 0 Å². The topological polar surface area (TPSA) is 39.4 Å². The van der Waals surface area contributed by atoms with E-state index in [9.17, 15) is 0 Å². The molecule has 0 radical (unpaired) electrons. The molecule has 0 fully saturated rings. The summed E-state index contributed by atoms with van der Waals surface area (Å²) < 4.78 is 7.10. The zero-order chi connectivity index (χ0) is 12.4. The van der Waals surface area contributed by atoms with Crippen LogP contribution in [0.3, 0.4) is 0 Å². The highest BCUT2D eigenvalue weighted by Gasteiger charge is 2.17. The Kier molecular flexibility index (Phi) is 3.13. The van der Waals surface area contributed by atoms with Crippen molar-refractivity contribution in [2.75, 3.05) is 7.11 Å². The van der Waals surface area contributed by atoms with Crippen LogP contribution in [-0.2, 0) is 11.8 Å². The average molecular weight is 231 g/mol. The molecule has 17 heavy (non-hydrogen) atoms. The highest BCUT2D eigenvalue weighted by atomic mass is 16.5. The van der Waals surface area contributed by atoms with Crippen molar-refractivity contribution in [2.24, 2.45) is 12.0 Å². The van der Waals surface area contributed by atoms with E-state index in [0.717, 1.165) is 34.6 Å². The summed E-state index contributed by atoms with van der Waals surface area (Å²) in [7, 11) is 3.61. The van der Waals surface area contributed by atoms with Crippen LogP contribution in [0.1, 0.15) is 25.8 Å². The van der Waals surface area contributed by atoms with E-state index in [4.69, 9.17) is 4.74 Å². The van der Waals surface area contributed by atoms with Crippen molar-refractivity contribution in [1.82, 2.24) is 9.78 Å². The van der Waals surface area contributed by atoms with Gasteiger partial charge in [-0.3, -0.25) is 9.67 Å². The third-order valence-electron chi connectivity index (χ3n) is 3.03. The number of methoxy groups -OCH3 is 1. The van der Waals surface area contributed by atoms with Gasteiger partial charge in [0.15, 0.2) is 0 Å². The predicted octanol–water partition coefficient (Wildman–Crippen LogP) is 2.55. The van der Waals surface area contributed by atoms with Crippen LogP contribution in [0.2, 0.25) is 0 Å². The Hall–Kier alpha value is -1.84. The average Bonchev–Trinajstić information content (AvgIpc) is 2.95. The van der Waals surface area contributed by atoms with E-state index in [1.54, 1.807) is 11.8 Å². The van der Waals surface area contributed by atoms with Crippen molar-refractivity contribution in [3.05, 3.63) is 35.0 Å². The quantitative estimate of drug-likeness (QED) is 0.734. The zero-order valence-electron chi connectivity index (χ0n) is 10.7. The van der Waals surface area contributed by atoms with Gasteiger partial charge in [-0.15, -0.1) is 0 Å². The number of hydrogen-bond acceptors (Lipinski definition) is 3. The first-order valence-corrected chi connectivity index (χ1v) is 5.60. The number of allylic oxidation sites excluding steroid dienone is 3. The first-order chi connectivity index (χ1) is 8.13. The fraction of sp³-hybridized carbons (Fsp3) is 0.385. The van der Waals surface area contributed by atoms with Gasteiger partial charge in [-0.2, -0.15) is 5.10 Å². The molecular weight excluding hydrogens is 214 g/mol. The predicted molar refractivity (Wildman–Crippen MR) is 68.6 cm³/mol. The monoisotopic (exact) mass is 231 g/mol. The highest BCUT2D eigenvalue weighted by Crippen LogP contribution is 2.31. The smallest absolute Gasteiger partial charge is 0.0981 e. The number of ether oxygens (including phenoxy) is 1. The van der Waals surface area contributed by atoms with Gasteiger partial charge in [-0.25, -0.2) is 0 Å². The molecule has 0 saturated heterocycles. The molecule has 1 aromatic heterocycles. The first kappa shape index (κ1) is 11.6. The number of aromatic nitrogens is 2. The van der Waals surface area contributed by atoms with Gasteiger partial charge in [-0.1, -0.05) is 0 Å². The Morgan fingerprint density at radius 1 is 1.41 bits per heavy atom. The summed E-state index contributed by atoms with van der Waals surface area (Å²) in [6.45, 7) is 4.04. The minimum atomic E-state index is 0.840. The number of aliphatic imine (C=N–C) groups is 1. The van der Waals surface area contributed by atoms with E-state index in [1.165, 1.54) is 0 Å². The van der Waals surface area contributed by atoms with Gasteiger partial charge in [0.25, 0.3) is 0 Å². The molecule has 0 bridgehead atoms. The maximum Gasteiger partial charge on any atom is 0.0981 e. The lowest BCUT2D eigenvalue weighted by molar-refractivity contribution is 0.289. The standard InChI is InChI=1S/C13H17N3O/c1-9(11-7-15-16(3)8-11)13-12(5-6-14-13)10(2)17-4/h6-8H,5H2,1-4H3/b12-10+,13-9-. The van der Waals surface area contributed by atoms with Crippen molar-refractivity contribution in [3.8, 4) is 0 Å². The fourth-order valence-corrected chi connectivity index (χ4v) is 1.91. The summed E-state index contributed by atoms with van der Waals surface area (Å²) in [5, 5.41) is 4.18. The van der Waals surface area contributed by atoms with Crippen LogP contribution in [-0.4, -0.2) is 23.1 Å². The first-order valence-electron chi connectivity index (χ1n) is 5.60. The number of nitrogens with zero attached hydrogens (tertiary/aromatic N) is 3. The molecule has 0 atom stereocenters. The van der Waals surface area contributed by atoms with Gasteiger partial charge in [-0.05, 0) is 19.4 Å². The molecule has 1 aromatic rings. The molecule has 4 heteroatoms. The SMILES string of the molecule is CO/C(C)=C1\CC=N\C1=C(\C)c1cnn(C)c1. The molecule has 0 spiro atoms. The summed E-state index contributed by atoms with van der Waals surface area (Å²) in [4.78, 5) is 4.45. The maximum absolute atomic E-state index is 5.30. The third-order valence-corrected chi connectivity index (χ3v) is 3.03. The van der Waals surface area contributed by atoms with Crippen LogP contribution in [0.25, 0.3) is 5.57 Å². The lowest BCUT2D eigenvalue weighted by atomic mass is 10.0. The van der Waals surface area contributed by atoms with Crippen molar-refractivity contribution in [2.45, 2.75) is 20.3 Å². The van der Waals surface area contributed by atoms with Crippen molar-refractivity contribution in [3.63, 3.8) is 0 Å². The second kappa shape index (κ2) is 4.57. The summed E-state index contributed by atoms with van der Waals surface area (Å²) in [5.74, 6) is 0.931. The Bertz CT molecular complexity index is 521. The highest BCUT2D eigenvalue weighted by molar-refractivity contribution is 5.80. The molecule has 2 rings (SSSR count). The molecule has 0 saturated carbocycles. The van der Waals surface area contributed by atoms with Gasteiger partial charge in [0.2, 0.25) is 0 Å². The fourth-order valence-electron chi connectivity index (χ4n) is 1.91. The summed E-state index contributed by atoms with van der Waals surface area (Å²) in [6.07, 6.45) is 6.62. The van der Waals surface area contributed by atoms with Crippen LogP contribution in [0, 0.1) is 0 Å². The zero-order valence-corrected chi connectivity index (χ0v) is 10.7. The second-order valence-corrected chi connectivity index (χ2v) is 4.13. The molecule has 0 amide bonds. The summed E-state index contributed by atoms with van der Waals surface area (Å²) >= 11 is 0. The number of aryl methyl sites for hydroxylation is 1. The Morgan fingerprint density at radius 3 is 2.76 bits per heavy atom. The van der Waals surface area contributed by atoms with Gasteiger partial charge in [0, 0.05) is 37.0 Å². The number of hydrogen-bond donors (Lipinski definition) is 0. The van der Waals surface area contributed by atoms with Crippen LogP contribution in [0.4, 0.5) is 0 Å². The molecule has 0 N–H and O–H groups in total. The van der Waals surface area contributed by atoms with E-state index in [-0.39, 0.29) is 0 Å². The molecule has 0 unspecified atom stereocenters. The molecule has 0 aliphatic carbocycles. The molecule has 90 valence electrons. The van der Waals surface area contributed by atoms with Crippen LogP contribution in [0.5, 0.6) is 0 Å².